The van der Waals surface area contributed by atoms with Gasteiger partial charge < -0.3 is 10.0 Å². The standard InChI is InChI=1S/C15H16ClN3O2/c1-9-4-13-10(6-17-18-13)8-19(7-9)15(21)12-3-2-11(16)5-14(12)20/h2-3,5-6,9,20H,4,7-8H2,1H3,(H,17,18). The van der Waals surface area contributed by atoms with E-state index in [0.717, 1.165) is 17.7 Å². The zero-order valence-electron chi connectivity index (χ0n) is 11.6. The monoisotopic (exact) mass is 305 g/mol. The Bertz CT molecular complexity index is 683. The molecule has 0 spiro atoms. The smallest absolute Gasteiger partial charge is 0.257 e. The Labute approximate surface area is 127 Å². The summed E-state index contributed by atoms with van der Waals surface area (Å²) in [5, 5.41) is 17.4. The number of nitrogens with zero attached hydrogens (tertiary/aromatic N) is 2. The minimum atomic E-state index is -0.190. The van der Waals surface area contributed by atoms with E-state index < -0.39 is 0 Å². The first-order valence-electron chi connectivity index (χ1n) is 6.83. The number of hydrogen-bond donors (Lipinski definition) is 2. The Balaban J connectivity index is 1.90. The number of fused-ring (bicyclic) bond motifs is 1. The first-order valence-corrected chi connectivity index (χ1v) is 7.21. The van der Waals surface area contributed by atoms with Gasteiger partial charge in [0.2, 0.25) is 0 Å². The summed E-state index contributed by atoms with van der Waals surface area (Å²) in [4.78, 5) is 14.4. The van der Waals surface area contributed by atoms with Crippen LogP contribution in [0.2, 0.25) is 5.02 Å². The van der Waals surface area contributed by atoms with Crippen molar-refractivity contribution >= 4 is 17.5 Å². The lowest BCUT2D eigenvalue weighted by atomic mass is 10.1. The van der Waals surface area contributed by atoms with E-state index in [1.165, 1.54) is 6.07 Å². The minimum Gasteiger partial charge on any atom is -0.507 e. The number of hydrogen-bond acceptors (Lipinski definition) is 3. The van der Waals surface area contributed by atoms with Crippen LogP contribution in [0.3, 0.4) is 0 Å². The highest BCUT2D eigenvalue weighted by atomic mass is 35.5. The van der Waals surface area contributed by atoms with Crippen LogP contribution in [-0.2, 0) is 13.0 Å². The van der Waals surface area contributed by atoms with Crippen LogP contribution in [0.15, 0.2) is 24.4 Å². The third kappa shape index (κ3) is 2.74. The number of benzene rings is 1. The summed E-state index contributed by atoms with van der Waals surface area (Å²) in [6.45, 7) is 3.23. The fourth-order valence-electron chi connectivity index (χ4n) is 2.72. The lowest BCUT2D eigenvalue weighted by molar-refractivity contribution is 0.0722. The molecule has 110 valence electrons. The van der Waals surface area contributed by atoms with Crippen molar-refractivity contribution in [2.24, 2.45) is 5.92 Å². The zero-order chi connectivity index (χ0) is 15.0. The number of rotatable bonds is 1. The lowest BCUT2D eigenvalue weighted by Gasteiger charge is -2.23. The van der Waals surface area contributed by atoms with E-state index in [9.17, 15) is 9.90 Å². The molecule has 1 aliphatic heterocycles. The number of H-pyrrole nitrogens is 1. The van der Waals surface area contributed by atoms with E-state index in [2.05, 4.69) is 17.1 Å². The molecule has 0 saturated carbocycles. The second-order valence-corrected chi connectivity index (χ2v) is 5.97. The Hall–Kier alpha value is -2.01. The third-order valence-corrected chi connectivity index (χ3v) is 3.97. The molecule has 1 atom stereocenters. The fraction of sp³-hybridized carbons (Fsp3) is 0.333. The van der Waals surface area contributed by atoms with Gasteiger partial charge in [0.15, 0.2) is 0 Å². The molecule has 1 amide bonds. The van der Waals surface area contributed by atoms with Crippen LogP contribution in [0, 0.1) is 5.92 Å². The van der Waals surface area contributed by atoms with E-state index in [4.69, 9.17) is 11.6 Å². The van der Waals surface area contributed by atoms with Gasteiger partial charge in [-0.2, -0.15) is 5.10 Å². The molecule has 6 heteroatoms. The Kier molecular flexibility index (Phi) is 3.59. The Morgan fingerprint density at radius 3 is 3.10 bits per heavy atom. The number of carbonyl (C=O) groups excluding carboxylic acids is 1. The van der Waals surface area contributed by atoms with Gasteiger partial charge in [0.1, 0.15) is 5.75 Å². The largest absolute Gasteiger partial charge is 0.507 e. The van der Waals surface area contributed by atoms with Crippen LogP contribution in [0.25, 0.3) is 0 Å². The summed E-state index contributed by atoms with van der Waals surface area (Å²) in [7, 11) is 0. The highest BCUT2D eigenvalue weighted by molar-refractivity contribution is 6.30. The quantitative estimate of drug-likeness (QED) is 0.851. The Morgan fingerprint density at radius 2 is 2.33 bits per heavy atom. The first kappa shape index (κ1) is 13.9. The van der Waals surface area contributed by atoms with E-state index in [0.29, 0.717) is 24.0 Å². The average molecular weight is 306 g/mol. The average Bonchev–Trinajstić information content (AvgIpc) is 2.78. The van der Waals surface area contributed by atoms with Crippen LogP contribution in [-0.4, -0.2) is 32.7 Å². The van der Waals surface area contributed by atoms with Gasteiger partial charge in [-0.15, -0.1) is 0 Å². The predicted molar refractivity (Wildman–Crippen MR) is 79.3 cm³/mol. The maximum Gasteiger partial charge on any atom is 0.257 e. The molecule has 0 saturated heterocycles. The SMILES string of the molecule is CC1Cc2[nH]ncc2CN(C(=O)c2ccc(Cl)cc2O)C1. The van der Waals surface area contributed by atoms with E-state index in [1.54, 1.807) is 23.2 Å². The number of aromatic hydroxyl groups is 1. The van der Waals surface area contributed by atoms with Gasteiger partial charge >= 0.3 is 0 Å². The van der Waals surface area contributed by atoms with Crippen molar-refractivity contribution in [3.8, 4) is 5.75 Å². The summed E-state index contributed by atoms with van der Waals surface area (Å²) < 4.78 is 0. The van der Waals surface area contributed by atoms with Crippen molar-refractivity contribution < 1.29 is 9.90 Å². The highest BCUT2D eigenvalue weighted by Gasteiger charge is 2.26. The number of amides is 1. The molecule has 5 nitrogen and oxygen atoms in total. The molecule has 0 fully saturated rings. The van der Waals surface area contributed by atoms with Crippen LogP contribution >= 0.6 is 11.6 Å². The second-order valence-electron chi connectivity index (χ2n) is 5.53. The van der Waals surface area contributed by atoms with Gasteiger partial charge in [-0.05, 0) is 30.5 Å². The molecule has 1 aromatic heterocycles. The van der Waals surface area contributed by atoms with Crippen LogP contribution in [0.5, 0.6) is 5.75 Å². The summed E-state index contributed by atoms with van der Waals surface area (Å²) in [5.41, 5.74) is 2.39. The molecule has 21 heavy (non-hydrogen) atoms. The predicted octanol–water partition coefficient (Wildman–Crippen LogP) is 2.60. The third-order valence-electron chi connectivity index (χ3n) is 3.73. The van der Waals surface area contributed by atoms with E-state index in [-0.39, 0.29) is 17.2 Å². The normalized spacial score (nSPS) is 18.2. The molecule has 0 bridgehead atoms. The molecule has 1 aromatic carbocycles. The summed E-state index contributed by atoms with van der Waals surface area (Å²) in [6.07, 6.45) is 2.63. The summed E-state index contributed by atoms with van der Waals surface area (Å²) >= 11 is 5.81. The minimum absolute atomic E-state index is 0.0863. The molecule has 2 heterocycles. The van der Waals surface area contributed by atoms with E-state index in [1.807, 2.05) is 0 Å². The highest BCUT2D eigenvalue weighted by Crippen LogP contribution is 2.26. The first-order chi connectivity index (χ1) is 10.0. The topological polar surface area (TPSA) is 69.2 Å². The molecule has 0 aliphatic carbocycles. The second kappa shape index (κ2) is 5.41. The number of aromatic nitrogens is 2. The van der Waals surface area contributed by atoms with Crippen molar-refractivity contribution in [1.82, 2.24) is 15.1 Å². The molecule has 2 N–H and O–H groups in total. The van der Waals surface area contributed by atoms with Crippen LogP contribution < -0.4 is 0 Å². The molecule has 2 aromatic rings. The van der Waals surface area contributed by atoms with Crippen molar-refractivity contribution in [2.45, 2.75) is 19.9 Å². The van der Waals surface area contributed by atoms with Gasteiger partial charge in [0.25, 0.3) is 5.91 Å². The number of phenolic OH excluding ortho intramolecular Hbond substituents is 1. The van der Waals surface area contributed by atoms with E-state index >= 15 is 0 Å². The number of halogens is 1. The number of carbonyl (C=O) groups is 1. The van der Waals surface area contributed by atoms with Gasteiger partial charge in [0, 0.05) is 29.4 Å². The van der Waals surface area contributed by atoms with Gasteiger partial charge in [0.05, 0.1) is 11.8 Å². The summed E-state index contributed by atoms with van der Waals surface area (Å²) in [5.74, 6) is 0.0481. The van der Waals surface area contributed by atoms with Crippen LogP contribution in [0.1, 0.15) is 28.5 Å². The fourth-order valence-corrected chi connectivity index (χ4v) is 2.89. The molecule has 3 rings (SSSR count). The van der Waals surface area contributed by atoms with Gasteiger partial charge in [-0.1, -0.05) is 18.5 Å². The number of phenols is 1. The van der Waals surface area contributed by atoms with Crippen molar-refractivity contribution in [3.63, 3.8) is 0 Å². The van der Waals surface area contributed by atoms with Gasteiger partial charge in [-0.3, -0.25) is 9.89 Å². The maximum atomic E-state index is 12.7. The maximum absolute atomic E-state index is 12.7. The number of aromatic amines is 1. The van der Waals surface area contributed by atoms with Gasteiger partial charge in [-0.25, -0.2) is 0 Å². The van der Waals surface area contributed by atoms with Crippen molar-refractivity contribution in [2.75, 3.05) is 6.54 Å². The number of nitrogens with one attached hydrogen (secondary N) is 1. The Morgan fingerprint density at radius 1 is 1.52 bits per heavy atom. The zero-order valence-corrected chi connectivity index (χ0v) is 12.4. The molecule has 0 radical (unpaired) electrons. The molecular weight excluding hydrogens is 290 g/mol. The van der Waals surface area contributed by atoms with Crippen LogP contribution in [0.4, 0.5) is 0 Å². The molecule has 1 unspecified atom stereocenters. The lowest BCUT2D eigenvalue weighted by Crippen LogP contribution is -2.33. The van der Waals surface area contributed by atoms with Crippen molar-refractivity contribution in [1.29, 1.82) is 0 Å². The summed E-state index contributed by atoms with van der Waals surface area (Å²) in [6, 6.07) is 4.56. The van der Waals surface area contributed by atoms with Crippen molar-refractivity contribution in [3.05, 3.63) is 46.2 Å². The molecular formula is C15H16ClN3O2. The molecule has 1 aliphatic rings.